The van der Waals surface area contributed by atoms with Crippen LogP contribution in [-0.2, 0) is 13.2 Å². The fourth-order valence-electron chi connectivity index (χ4n) is 1.96. The smallest absolute Gasteiger partial charge is 0.163 e. The average Bonchev–Trinajstić information content (AvgIpc) is 2.72. The van der Waals surface area contributed by atoms with Crippen molar-refractivity contribution in [3.05, 3.63) is 34.6 Å². The Hall–Kier alpha value is -1.88. The lowest BCUT2D eigenvalue weighted by atomic mass is 10.3. The molecule has 1 heterocycles. The molecule has 108 valence electrons. The lowest BCUT2D eigenvalue weighted by Gasteiger charge is -2.12. The third kappa shape index (κ3) is 2.82. The summed E-state index contributed by atoms with van der Waals surface area (Å²) in [6, 6.07) is 5.26. The van der Waals surface area contributed by atoms with E-state index in [4.69, 9.17) is 26.8 Å². The van der Waals surface area contributed by atoms with Crippen molar-refractivity contribution in [3.63, 3.8) is 0 Å². The largest absolute Gasteiger partial charge is 0.493 e. The van der Waals surface area contributed by atoms with E-state index >= 15 is 0 Å². The lowest BCUT2D eigenvalue weighted by Crippen LogP contribution is -2.07. The average molecular weight is 296 g/mol. The molecule has 0 aliphatic heterocycles. The number of nitrogens with zero attached hydrogens (tertiary/aromatic N) is 2. The van der Waals surface area contributed by atoms with Gasteiger partial charge in [0.15, 0.2) is 11.5 Å². The van der Waals surface area contributed by atoms with Crippen LogP contribution in [-0.4, -0.2) is 16.9 Å². The first-order valence-corrected chi connectivity index (χ1v) is 6.72. The minimum atomic E-state index is 0.313. The van der Waals surface area contributed by atoms with Crippen LogP contribution in [0.4, 0.5) is 5.69 Å². The van der Waals surface area contributed by atoms with E-state index < -0.39 is 0 Å². The van der Waals surface area contributed by atoms with E-state index in [1.807, 2.05) is 18.5 Å². The summed E-state index contributed by atoms with van der Waals surface area (Å²) in [5, 5.41) is 4.98. The summed E-state index contributed by atoms with van der Waals surface area (Å²) in [5.74, 6) is 1.22. The number of aryl methyl sites for hydroxylation is 2. The number of benzene rings is 1. The van der Waals surface area contributed by atoms with Crippen LogP contribution >= 0.6 is 11.6 Å². The number of nitrogen functional groups attached to an aromatic ring is 1. The molecule has 0 fully saturated rings. The van der Waals surface area contributed by atoms with Crippen molar-refractivity contribution in [3.8, 4) is 11.5 Å². The van der Waals surface area contributed by atoms with Gasteiger partial charge in [-0.2, -0.15) is 5.10 Å². The van der Waals surface area contributed by atoms with Crippen molar-refractivity contribution in [1.82, 2.24) is 9.78 Å². The van der Waals surface area contributed by atoms with Crippen molar-refractivity contribution in [1.29, 1.82) is 0 Å². The Labute approximate surface area is 123 Å². The van der Waals surface area contributed by atoms with E-state index in [0.29, 0.717) is 28.8 Å². The van der Waals surface area contributed by atoms with E-state index in [9.17, 15) is 0 Å². The highest BCUT2D eigenvalue weighted by Crippen LogP contribution is 2.30. The van der Waals surface area contributed by atoms with Gasteiger partial charge in [0, 0.05) is 18.3 Å². The number of methoxy groups -OCH3 is 1. The highest BCUT2D eigenvalue weighted by atomic mass is 35.5. The summed E-state index contributed by atoms with van der Waals surface area (Å²) in [6.07, 6.45) is 0. The van der Waals surface area contributed by atoms with Crippen LogP contribution in [0.15, 0.2) is 18.2 Å². The maximum atomic E-state index is 6.24. The Morgan fingerprint density at radius 2 is 2.10 bits per heavy atom. The molecule has 0 saturated carbocycles. The SMILES string of the molecule is CCn1nc(C)c(Cl)c1COc1cc(N)ccc1OC. The molecule has 0 atom stereocenters. The Balaban J connectivity index is 2.23. The van der Waals surface area contributed by atoms with E-state index in [0.717, 1.165) is 17.9 Å². The summed E-state index contributed by atoms with van der Waals surface area (Å²) < 4.78 is 12.9. The molecule has 2 aromatic rings. The van der Waals surface area contributed by atoms with Gasteiger partial charge in [0.25, 0.3) is 0 Å². The minimum Gasteiger partial charge on any atom is -0.493 e. The first kappa shape index (κ1) is 14.5. The number of halogens is 1. The van der Waals surface area contributed by atoms with Gasteiger partial charge in [0.05, 0.1) is 23.5 Å². The van der Waals surface area contributed by atoms with Crippen LogP contribution in [0, 0.1) is 6.92 Å². The summed E-state index contributed by atoms with van der Waals surface area (Å²) in [4.78, 5) is 0. The minimum absolute atomic E-state index is 0.313. The number of aromatic nitrogens is 2. The highest BCUT2D eigenvalue weighted by Gasteiger charge is 2.14. The van der Waals surface area contributed by atoms with Gasteiger partial charge in [-0.1, -0.05) is 11.6 Å². The number of nitrogens with two attached hydrogens (primary N) is 1. The second kappa shape index (κ2) is 6.05. The van der Waals surface area contributed by atoms with E-state index in [1.54, 1.807) is 25.3 Å². The molecule has 0 unspecified atom stereocenters. The van der Waals surface area contributed by atoms with Crippen molar-refractivity contribution in [2.75, 3.05) is 12.8 Å². The predicted molar refractivity (Wildman–Crippen MR) is 79.4 cm³/mol. The molecule has 0 amide bonds. The molecule has 5 nitrogen and oxygen atoms in total. The molecule has 20 heavy (non-hydrogen) atoms. The molecule has 0 radical (unpaired) electrons. The number of hydrogen-bond donors (Lipinski definition) is 1. The number of rotatable bonds is 5. The zero-order valence-corrected chi connectivity index (χ0v) is 12.6. The normalized spacial score (nSPS) is 10.6. The number of hydrogen-bond acceptors (Lipinski definition) is 4. The molecule has 0 aliphatic rings. The number of ether oxygens (including phenoxy) is 2. The van der Waals surface area contributed by atoms with Gasteiger partial charge < -0.3 is 15.2 Å². The van der Waals surface area contributed by atoms with Gasteiger partial charge in [-0.25, -0.2) is 0 Å². The fraction of sp³-hybridized carbons (Fsp3) is 0.357. The van der Waals surface area contributed by atoms with Crippen molar-refractivity contribution in [2.24, 2.45) is 0 Å². The van der Waals surface area contributed by atoms with E-state index in [2.05, 4.69) is 5.10 Å². The fourth-order valence-corrected chi connectivity index (χ4v) is 2.15. The van der Waals surface area contributed by atoms with Gasteiger partial charge >= 0.3 is 0 Å². The predicted octanol–water partition coefficient (Wildman–Crippen LogP) is 3.03. The van der Waals surface area contributed by atoms with Crippen LogP contribution in [0.3, 0.4) is 0 Å². The highest BCUT2D eigenvalue weighted by molar-refractivity contribution is 6.31. The standard InChI is InChI=1S/C14H18ClN3O2/c1-4-18-11(14(15)9(2)17-18)8-20-13-7-10(16)5-6-12(13)19-3/h5-7H,4,8,16H2,1-3H3. The first-order chi connectivity index (χ1) is 9.56. The molecule has 6 heteroatoms. The summed E-state index contributed by atoms with van der Waals surface area (Å²) in [5.41, 5.74) is 8.02. The van der Waals surface area contributed by atoms with Crippen LogP contribution in [0.5, 0.6) is 11.5 Å². The maximum absolute atomic E-state index is 6.24. The summed E-state index contributed by atoms with van der Waals surface area (Å²) in [7, 11) is 1.59. The molecule has 0 saturated heterocycles. The first-order valence-electron chi connectivity index (χ1n) is 6.34. The third-order valence-corrected chi connectivity index (χ3v) is 3.50. The zero-order valence-electron chi connectivity index (χ0n) is 11.8. The van der Waals surface area contributed by atoms with Crippen molar-refractivity contribution in [2.45, 2.75) is 27.0 Å². The van der Waals surface area contributed by atoms with E-state index in [-0.39, 0.29) is 0 Å². The van der Waals surface area contributed by atoms with Crippen LogP contribution in [0.1, 0.15) is 18.3 Å². The van der Waals surface area contributed by atoms with Crippen LogP contribution in [0.25, 0.3) is 0 Å². The molecule has 0 aliphatic carbocycles. The second-order valence-electron chi connectivity index (χ2n) is 4.36. The second-order valence-corrected chi connectivity index (χ2v) is 4.74. The van der Waals surface area contributed by atoms with Crippen LogP contribution < -0.4 is 15.2 Å². The molecular formula is C14H18ClN3O2. The van der Waals surface area contributed by atoms with E-state index in [1.165, 1.54) is 0 Å². The topological polar surface area (TPSA) is 62.3 Å². The summed E-state index contributed by atoms with van der Waals surface area (Å²) >= 11 is 6.24. The quantitative estimate of drug-likeness (QED) is 0.861. The molecule has 2 N–H and O–H groups in total. The molecule has 0 bridgehead atoms. The monoisotopic (exact) mass is 295 g/mol. The van der Waals surface area contributed by atoms with Gasteiger partial charge in [-0.15, -0.1) is 0 Å². The molecular weight excluding hydrogens is 278 g/mol. The Bertz CT molecular complexity index is 611. The molecule has 1 aromatic carbocycles. The third-order valence-electron chi connectivity index (χ3n) is 3.00. The van der Waals surface area contributed by atoms with Crippen molar-refractivity contribution >= 4 is 17.3 Å². The molecule has 2 rings (SSSR count). The summed E-state index contributed by atoms with van der Waals surface area (Å²) in [6.45, 7) is 4.93. The van der Waals surface area contributed by atoms with Gasteiger partial charge in [-0.3, -0.25) is 4.68 Å². The van der Waals surface area contributed by atoms with Crippen molar-refractivity contribution < 1.29 is 9.47 Å². The lowest BCUT2D eigenvalue weighted by molar-refractivity contribution is 0.274. The number of anilines is 1. The maximum Gasteiger partial charge on any atom is 0.163 e. The molecule has 0 spiro atoms. The zero-order chi connectivity index (χ0) is 14.7. The Morgan fingerprint density at radius 3 is 2.75 bits per heavy atom. The van der Waals surface area contributed by atoms with Crippen LogP contribution in [0.2, 0.25) is 5.02 Å². The molecule has 1 aromatic heterocycles. The Morgan fingerprint density at radius 1 is 1.35 bits per heavy atom. The Kier molecular flexibility index (Phi) is 4.39. The van der Waals surface area contributed by atoms with Gasteiger partial charge in [-0.05, 0) is 26.0 Å². The van der Waals surface area contributed by atoms with Gasteiger partial charge in [0.1, 0.15) is 6.61 Å². The van der Waals surface area contributed by atoms with Gasteiger partial charge in [0.2, 0.25) is 0 Å².